The summed E-state index contributed by atoms with van der Waals surface area (Å²) in [6, 6.07) is 15.1. The van der Waals surface area contributed by atoms with E-state index in [-0.39, 0.29) is 11.8 Å². The highest BCUT2D eigenvalue weighted by molar-refractivity contribution is 6.03. The fraction of sp³-hybridized carbons (Fsp3) is 0.238. The first-order valence-electron chi connectivity index (χ1n) is 8.47. The number of aryl methyl sites for hydroxylation is 2. The lowest BCUT2D eigenvalue weighted by atomic mass is 10.1. The van der Waals surface area contributed by atoms with Gasteiger partial charge in [0.05, 0.1) is 0 Å². The number of nitrogens with one attached hydrogen (secondary N) is 1. The number of nitrogens with zero attached hydrogens (tertiary/aromatic N) is 1. The fourth-order valence-corrected chi connectivity index (χ4v) is 2.92. The van der Waals surface area contributed by atoms with E-state index in [0.717, 1.165) is 16.8 Å². The van der Waals surface area contributed by atoms with Gasteiger partial charge >= 0.3 is 0 Å². The van der Waals surface area contributed by atoms with E-state index in [4.69, 9.17) is 0 Å². The molecule has 1 fully saturated rings. The largest absolute Gasteiger partial charge is 0.341 e. The zero-order valence-corrected chi connectivity index (χ0v) is 14.5. The van der Waals surface area contributed by atoms with Gasteiger partial charge in [0.25, 0.3) is 0 Å². The van der Waals surface area contributed by atoms with E-state index in [0.29, 0.717) is 13.0 Å². The van der Waals surface area contributed by atoms with Crippen LogP contribution >= 0.6 is 0 Å². The molecule has 3 rings (SSSR count). The smallest absolute Gasteiger partial charge is 0.249 e. The Bertz CT molecular complexity index is 812. The van der Waals surface area contributed by atoms with Crippen molar-refractivity contribution in [2.45, 2.75) is 26.3 Å². The summed E-state index contributed by atoms with van der Waals surface area (Å²) >= 11 is 0. The lowest BCUT2D eigenvalue weighted by molar-refractivity contribution is -0.123. The average Bonchev–Trinajstić information content (AvgIpc) is 2.97. The Balaban J connectivity index is 1.63. The van der Waals surface area contributed by atoms with Gasteiger partial charge in [0.2, 0.25) is 11.8 Å². The maximum atomic E-state index is 12.6. The van der Waals surface area contributed by atoms with E-state index in [1.807, 2.05) is 62.4 Å². The molecule has 1 aliphatic heterocycles. The van der Waals surface area contributed by atoms with Gasteiger partial charge in [-0.05, 0) is 55.2 Å². The third kappa shape index (κ3) is 3.97. The predicted molar refractivity (Wildman–Crippen MR) is 100 cm³/mol. The zero-order valence-electron chi connectivity index (χ0n) is 14.5. The molecule has 4 nitrogen and oxygen atoms in total. The number of hydrogen-bond acceptors (Lipinski definition) is 2. The molecule has 1 heterocycles. The summed E-state index contributed by atoms with van der Waals surface area (Å²) in [6.45, 7) is 4.70. The van der Waals surface area contributed by atoms with Crippen molar-refractivity contribution in [3.05, 3.63) is 71.3 Å². The Morgan fingerprint density at radius 3 is 2.60 bits per heavy atom. The highest BCUT2D eigenvalue weighted by atomic mass is 16.2. The molecule has 0 bridgehead atoms. The van der Waals surface area contributed by atoms with Crippen molar-refractivity contribution in [2.75, 3.05) is 11.4 Å². The minimum atomic E-state index is -0.463. The molecule has 2 aromatic carbocycles. The molecular formula is C21H22N2O2. The van der Waals surface area contributed by atoms with Crippen LogP contribution < -0.4 is 10.2 Å². The molecule has 0 spiro atoms. The van der Waals surface area contributed by atoms with Gasteiger partial charge in [-0.1, -0.05) is 36.4 Å². The minimum absolute atomic E-state index is 0.0512. The Morgan fingerprint density at radius 1 is 1.12 bits per heavy atom. The molecule has 1 N–H and O–H groups in total. The maximum Gasteiger partial charge on any atom is 0.249 e. The number of hydrogen-bond donors (Lipinski definition) is 1. The van der Waals surface area contributed by atoms with Gasteiger partial charge in [-0.2, -0.15) is 0 Å². The first-order valence-corrected chi connectivity index (χ1v) is 8.47. The molecule has 128 valence electrons. The highest BCUT2D eigenvalue weighted by Crippen LogP contribution is 2.24. The number of benzene rings is 2. The Hall–Kier alpha value is -2.88. The van der Waals surface area contributed by atoms with Crippen LogP contribution in [-0.2, 0) is 9.59 Å². The summed E-state index contributed by atoms with van der Waals surface area (Å²) < 4.78 is 0. The van der Waals surface area contributed by atoms with Crippen LogP contribution in [0.25, 0.3) is 6.08 Å². The number of carbonyl (C=O) groups is 2. The minimum Gasteiger partial charge on any atom is -0.341 e. The quantitative estimate of drug-likeness (QED) is 0.873. The van der Waals surface area contributed by atoms with Crippen LogP contribution in [0.3, 0.4) is 0 Å². The van der Waals surface area contributed by atoms with Crippen molar-refractivity contribution in [2.24, 2.45) is 0 Å². The summed E-state index contributed by atoms with van der Waals surface area (Å²) in [7, 11) is 0. The lowest BCUT2D eigenvalue weighted by Gasteiger charge is -2.18. The predicted octanol–water partition coefficient (Wildman–Crippen LogP) is 3.24. The van der Waals surface area contributed by atoms with E-state index in [1.165, 1.54) is 11.6 Å². The summed E-state index contributed by atoms with van der Waals surface area (Å²) in [5.41, 5.74) is 4.20. The van der Waals surface area contributed by atoms with Gasteiger partial charge in [0, 0.05) is 18.3 Å². The average molecular weight is 334 g/mol. The van der Waals surface area contributed by atoms with E-state index in [1.54, 1.807) is 11.0 Å². The van der Waals surface area contributed by atoms with Gasteiger partial charge < -0.3 is 10.2 Å². The van der Waals surface area contributed by atoms with Crippen LogP contribution in [0.5, 0.6) is 0 Å². The first-order chi connectivity index (χ1) is 12.0. The summed E-state index contributed by atoms with van der Waals surface area (Å²) in [5, 5.41) is 2.81. The van der Waals surface area contributed by atoms with Gasteiger partial charge in [-0.15, -0.1) is 0 Å². The molecule has 1 unspecified atom stereocenters. The van der Waals surface area contributed by atoms with Gasteiger partial charge in [-0.25, -0.2) is 0 Å². The van der Waals surface area contributed by atoms with Crippen molar-refractivity contribution >= 4 is 23.6 Å². The number of anilines is 1. The van der Waals surface area contributed by atoms with Crippen molar-refractivity contribution in [3.63, 3.8) is 0 Å². The fourth-order valence-electron chi connectivity index (χ4n) is 2.92. The van der Waals surface area contributed by atoms with Crippen molar-refractivity contribution in [1.29, 1.82) is 0 Å². The topological polar surface area (TPSA) is 49.4 Å². The molecule has 0 aromatic heterocycles. The molecule has 25 heavy (non-hydrogen) atoms. The number of rotatable bonds is 4. The van der Waals surface area contributed by atoms with E-state index in [2.05, 4.69) is 5.32 Å². The highest BCUT2D eigenvalue weighted by Gasteiger charge is 2.33. The monoisotopic (exact) mass is 334 g/mol. The second kappa shape index (κ2) is 7.34. The molecular weight excluding hydrogens is 312 g/mol. The van der Waals surface area contributed by atoms with Crippen LogP contribution in [0, 0.1) is 13.8 Å². The maximum absolute atomic E-state index is 12.6. The third-order valence-electron chi connectivity index (χ3n) is 4.55. The second-order valence-electron chi connectivity index (χ2n) is 6.35. The summed E-state index contributed by atoms with van der Waals surface area (Å²) in [4.78, 5) is 26.4. The van der Waals surface area contributed by atoms with E-state index < -0.39 is 6.04 Å². The first kappa shape index (κ1) is 17.0. The molecule has 1 saturated heterocycles. The summed E-state index contributed by atoms with van der Waals surface area (Å²) in [6.07, 6.45) is 3.84. The molecule has 0 saturated carbocycles. The van der Waals surface area contributed by atoms with Crippen LogP contribution in [0.15, 0.2) is 54.6 Å². The third-order valence-corrected chi connectivity index (χ3v) is 4.55. The standard InChI is InChI=1S/C21H22N2O2/c1-15-8-10-18(14-16(15)2)23-13-12-19(21(23)25)22-20(24)11-9-17-6-4-3-5-7-17/h3-11,14,19H,12-13H2,1-2H3,(H,22,24). The summed E-state index contributed by atoms with van der Waals surface area (Å²) in [5.74, 6) is -0.297. The van der Waals surface area contributed by atoms with Gasteiger partial charge in [-0.3, -0.25) is 9.59 Å². The van der Waals surface area contributed by atoms with E-state index >= 15 is 0 Å². The van der Waals surface area contributed by atoms with Crippen LogP contribution in [-0.4, -0.2) is 24.4 Å². The molecule has 2 aromatic rings. The Labute approximate surface area is 148 Å². The molecule has 1 aliphatic rings. The molecule has 0 aliphatic carbocycles. The van der Waals surface area contributed by atoms with Crippen LogP contribution in [0.2, 0.25) is 0 Å². The van der Waals surface area contributed by atoms with Gasteiger partial charge in [0.15, 0.2) is 0 Å². The van der Waals surface area contributed by atoms with Gasteiger partial charge in [0.1, 0.15) is 6.04 Å². The van der Waals surface area contributed by atoms with E-state index in [9.17, 15) is 9.59 Å². The normalized spacial score (nSPS) is 17.3. The molecule has 0 radical (unpaired) electrons. The zero-order chi connectivity index (χ0) is 17.8. The van der Waals surface area contributed by atoms with Crippen molar-refractivity contribution < 1.29 is 9.59 Å². The van der Waals surface area contributed by atoms with Crippen LogP contribution in [0.4, 0.5) is 5.69 Å². The molecule has 4 heteroatoms. The second-order valence-corrected chi connectivity index (χ2v) is 6.35. The SMILES string of the molecule is Cc1ccc(N2CCC(NC(=O)C=Cc3ccccc3)C2=O)cc1C. The Morgan fingerprint density at radius 2 is 1.88 bits per heavy atom. The molecule has 2 amide bonds. The molecule has 1 atom stereocenters. The lowest BCUT2D eigenvalue weighted by Crippen LogP contribution is -2.40. The van der Waals surface area contributed by atoms with Crippen LogP contribution in [0.1, 0.15) is 23.1 Å². The van der Waals surface area contributed by atoms with Crippen molar-refractivity contribution in [1.82, 2.24) is 5.32 Å². The number of carbonyl (C=O) groups excluding carboxylic acids is 2. The van der Waals surface area contributed by atoms with Crippen molar-refractivity contribution in [3.8, 4) is 0 Å². The number of amides is 2. The Kier molecular flexibility index (Phi) is 4.98.